The van der Waals surface area contributed by atoms with E-state index in [1.807, 2.05) is 6.07 Å². The molecule has 2 heterocycles. The zero-order valence-corrected chi connectivity index (χ0v) is 27.0. The van der Waals surface area contributed by atoms with Crippen LogP contribution in [0.3, 0.4) is 0 Å². The molecule has 4 rings (SSSR count). The summed E-state index contributed by atoms with van der Waals surface area (Å²) in [5, 5.41) is 16.3. The molecule has 2 fully saturated rings. The predicted octanol–water partition coefficient (Wildman–Crippen LogP) is 6.80. The van der Waals surface area contributed by atoms with Gasteiger partial charge in [0.1, 0.15) is 0 Å². The highest BCUT2D eigenvalue weighted by Gasteiger charge is 2.39. The molecule has 1 aromatic heterocycles. The lowest BCUT2D eigenvalue weighted by atomic mass is 9.73. The van der Waals surface area contributed by atoms with Crippen molar-refractivity contribution in [2.45, 2.75) is 91.1 Å². The third-order valence-electron chi connectivity index (χ3n) is 8.35. The Kier molecular flexibility index (Phi) is 9.71. The first-order chi connectivity index (χ1) is 19.2. The van der Waals surface area contributed by atoms with Gasteiger partial charge in [0.25, 0.3) is 0 Å². The summed E-state index contributed by atoms with van der Waals surface area (Å²) in [6.45, 7) is 16.6. The van der Waals surface area contributed by atoms with Crippen LogP contribution in [0.2, 0.25) is 23.2 Å². The van der Waals surface area contributed by atoms with Gasteiger partial charge >= 0.3 is 7.12 Å². The SMILES string of the molecule is CC1(C)COB(c2c(Cl)cc(Nc3ncc(F)c(NC4CCCC[C@@H]4C#N)n3)cc2CO[Si](C)(C)C(C)(C)C)OC1. The van der Waals surface area contributed by atoms with E-state index in [1.165, 1.54) is 0 Å². The first kappa shape index (κ1) is 31.7. The van der Waals surface area contributed by atoms with Gasteiger partial charge in [-0.05, 0) is 48.7 Å². The molecule has 0 radical (unpaired) electrons. The van der Waals surface area contributed by atoms with Crippen LogP contribution in [0.5, 0.6) is 0 Å². The zero-order valence-electron chi connectivity index (χ0n) is 25.2. The van der Waals surface area contributed by atoms with Crippen molar-refractivity contribution >= 4 is 50.0 Å². The Morgan fingerprint density at radius 1 is 1.22 bits per heavy atom. The van der Waals surface area contributed by atoms with Crippen LogP contribution in [0, 0.1) is 28.5 Å². The summed E-state index contributed by atoms with van der Waals surface area (Å²) >= 11 is 6.87. The first-order valence-corrected chi connectivity index (χ1v) is 17.6. The Morgan fingerprint density at radius 2 is 1.90 bits per heavy atom. The van der Waals surface area contributed by atoms with Crippen LogP contribution in [0.1, 0.15) is 65.9 Å². The van der Waals surface area contributed by atoms with E-state index in [2.05, 4.69) is 74.4 Å². The molecule has 41 heavy (non-hydrogen) atoms. The van der Waals surface area contributed by atoms with Crippen LogP contribution in [-0.2, 0) is 20.3 Å². The number of benzene rings is 1. The standard InChI is InChI=1S/C29H42BClFN5O3Si/c1-28(2,3)41(6,7)40-16-20-12-21(13-22(31)25(20)30-38-17-29(4,5)18-39-30)35-27-34-15-23(32)26(37-27)36-24-11-9-8-10-19(24)14-33/h12-13,15,19,24H,8-11,16-18H2,1-7H3,(H2,34,35,36,37)/t19-,24?/m1/s1. The van der Waals surface area contributed by atoms with Crippen LogP contribution in [0.25, 0.3) is 0 Å². The number of nitrogens with zero attached hydrogens (tertiary/aromatic N) is 3. The number of halogens is 2. The van der Waals surface area contributed by atoms with E-state index in [9.17, 15) is 9.65 Å². The van der Waals surface area contributed by atoms with E-state index < -0.39 is 21.3 Å². The van der Waals surface area contributed by atoms with Crippen LogP contribution in [0.4, 0.5) is 21.8 Å². The lowest BCUT2D eigenvalue weighted by Crippen LogP contribution is -2.49. The van der Waals surface area contributed by atoms with Gasteiger partial charge in [-0.2, -0.15) is 10.2 Å². The monoisotopic (exact) mass is 601 g/mol. The molecular formula is C29H42BClFN5O3Si. The molecule has 2 atom stereocenters. The number of rotatable bonds is 8. The van der Waals surface area contributed by atoms with Gasteiger partial charge in [0.15, 0.2) is 20.0 Å². The van der Waals surface area contributed by atoms with Crippen LogP contribution < -0.4 is 16.1 Å². The topological polar surface area (TPSA) is 101 Å². The van der Waals surface area contributed by atoms with Gasteiger partial charge in [-0.25, -0.2) is 9.37 Å². The first-order valence-electron chi connectivity index (χ1n) is 14.3. The smallest absolute Gasteiger partial charge is 0.413 e. The molecule has 2 aromatic rings. The summed E-state index contributed by atoms with van der Waals surface area (Å²) in [7, 11) is -2.69. The van der Waals surface area contributed by atoms with E-state index in [0.717, 1.165) is 42.9 Å². The Balaban J connectivity index is 1.61. The Labute approximate surface area is 250 Å². The van der Waals surface area contributed by atoms with Gasteiger partial charge < -0.3 is 24.4 Å². The van der Waals surface area contributed by atoms with Gasteiger partial charge in [-0.1, -0.05) is 59.1 Å². The van der Waals surface area contributed by atoms with Gasteiger partial charge in [-0.15, -0.1) is 0 Å². The van der Waals surface area contributed by atoms with E-state index >= 15 is 0 Å². The fraction of sp³-hybridized carbons (Fsp3) is 0.621. The minimum Gasteiger partial charge on any atom is -0.413 e. The largest absolute Gasteiger partial charge is 0.495 e. The van der Waals surface area contributed by atoms with Gasteiger partial charge in [-0.3, -0.25) is 0 Å². The van der Waals surface area contributed by atoms with Crippen molar-refractivity contribution in [3.8, 4) is 6.07 Å². The van der Waals surface area contributed by atoms with Crippen molar-refractivity contribution in [3.63, 3.8) is 0 Å². The highest BCUT2D eigenvalue weighted by atomic mass is 35.5. The average Bonchev–Trinajstić information content (AvgIpc) is 2.89. The fourth-order valence-corrected chi connectivity index (χ4v) is 6.03. The molecule has 1 aliphatic carbocycles. The van der Waals surface area contributed by atoms with Gasteiger partial charge in [0.2, 0.25) is 5.95 Å². The van der Waals surface area contributed by atoms with Crippen molar-refractivity contribution in [3.05, 3.63) is 34.7 Å². The highest BCUT2D eigenvalue weighted by Crippen LogP contribution is 2.37. The molecule has 222 valence electrons. The maximum absolute atomic E-state index is 14.7. The number of hydrogen-bond acceptors (Lipinski definition) is 8. The molecule has 1 aliphatic heterocycles. The molecule has 2 aliphatic rings. The summed E-state index contributed by atoms with van der Waals surface area (Å²) < 4.78 is 33.5. The van der Waals surface area contributed by atoms with Crippen LogP contribution in [0.15, 0.2) is 18.3 Å². The molecule has 2 N–H and O–H groups in total. The van der Waals surface area contributed by atoms with E-state index in [-0.39, 0.29) is 34.2 Å². The second kappa shape index (κ2) is 12.6. The van der Waals surface area contributed by atoms with Crippen molar-refractivity contribution in [1.29, 1.82) is 5.26 Å². The second-order valence-electron chi connectivity index (χ2n) is 13.5. The third kappa shape index (κ3) is 7.79. The molecule has 0 bridgehead atoms. The molecular weight excluding hydrogens is 560 g/mol. The fourth-order valence-electron chi connectivity index (χ4n) is 4.76. The minimum atomic E-state index is -2.08. The molecule has 12 heteroatoms. The van der Waals surface area contributed by atoms with Crippen molar-refractivity contribution < 1.29 is 18.1 Å². The van der Waals surface area contributed by atoms with Gasteiger partial charge in [0, 0.05) is 40.8 Å². The second-order valence-corrected chi connectivity index (χ2v) is 18.7. The number of nitriles is 1. The lowest BCUT2D eigenvalue weighted by Gasteiger charge is -2.37. The summed E-state index contributed by atoms with van der Waals surface area (Å²) in [6, 6.07) is 5.90. The lowest BCUT2D eigenvalue weighted by molar-refractivity contribution is 0.0342. The van der Waals surface area contributed by atoms with Gasteiger partial charge in [0.05, 0.1) is 24.8 Å². The molecule has 0 amide bonds. The molecule has 8 nitrogen and oxygen atoms in total. The maximum atomic E-state index is 14.7. The maximum Gasteiger partial charge on any atom is 0.495 e. The quantitative estimate of drug-likeness (QED) is 0.319. The number of nitrogens with one attached hydrogen (secondary N) is 2. The molecule has 1 unspecified atom stereocenters. The molecule has 1 saturated carbocycles. The van der Waals surface area contributed by atoms with Crippen molar-refractivity contribution in [1.82, 2.24) is 9.97 Å². The number of hydrogen-bond donors (Lipinski definition) is 2. The summed E-state index contributed by atoms with van der Waals surface area (Å²) in [5.74, 6) is -0.459. The normalized spacial score (nSPS) is 21.3. The average molecular weight is 602 g/mol. The third-order valence-corrected chi connectivity index (χ3v) is 13.1. The van der Waals surface area contributed by atoms with Crippen molar-refractivity contribution in [2.24, 2.45) is 11.3 Å². The Morgan fingerprint density at radius 3 is 2.56 bits per heavy atom. The highest BCUT2D eigenvalue weighted by molar-refractivity contribution is 6.74. The van der Waals surface area contributed by atoms with Crippen LogP contribution in [-0.4, -0.2) is 44.7 Å². The number of aromatic nitrogens is 2. The van der Waals surface area contributed by atoms with E-state index in [1.54, 1.807) is 6.07 Å². The van der Waals surface area contributed by atoms with Crippen LogP contribution >= 0.6 is 11.6 Å². The Hall–Kier alpha value is -2.23. The van der Waals surface area contributed by atoms with E-state index in [0.29, 0.717) is 30.5 Å². The molecule has 1 saturated heterocycles. The predicted molar refractivity (Wildman–Crippen MR) is 165 cm³/mol. The molecule has 0 spiro atoms. The summed E-state index contributed by atoms with van der Waals surface area (Å²) in [6.07, 6.45) is 4.71. The summed E-state index contributed by atoms with van der Waals surface area (Å²) in [5.41, 5.74) is 2.13. The Bertz CT molecular complexity index is 1280. The zero-order chi connectivity index (χ0) is 30.0. The molecule has 1 aromatic carbocycles. The number of anilines is 3. The minimum absolute atomic E-state index is 0.0307. The van der Waals surface area contributed by atoms with Crippen molar-refractivity contribution in [2.75, 3.05) is 23.8 Å². The van der Waals surface area contributed by atoms with E-state index in [4.69, 9.17) is 25.3 Å². The summed E-state index contributed by atoms with van der Waals surface area (Å²) in [4.78, 5) is 8.55.